The Morgan fingerprint density at radius 2 is 2.40 bits per heavy atom. The van der Waals surface area contributed by atoms with Crippen molar-refractivity contribution in [1.82, 2.24) is 10.3 Å². The molecule has 1 heterocycles. The van der Waals surface area contributed by atoms with Crippen molar-refractivity contribution in [1.29, 1.82) is 0 Å². The highest BCUT2D eigenvalue weighted by molar-refractivity contribution is 5.22. The van der Waals surface area contributed by atoms with Crippen LogP contribution in [0.5, 0.6) is 5.75 Å². The van der Waals surface area contributed by atoms with E-state index in [0.29, 0.717) is 6.61 Å². The lowest BCUT2D eigenvalue weighted by atomic mass is 10.3. The number of hydrogen-bond acceptors (Lipinski definition) is 3. The summed E-state index contributed by atoms with van der Waals surface area (Å²) in [7, 11) is 0. The fraction of sp³-hybridized carbons (Fsp3) is 0.417. The van der Waals surface area contributed by atoms with E-state index in [2.05, 4.69) is 17.2 Å². The lowest BCUT2D eigenvalue weighted by molar-refractivity contribution is 0.361. The summed E-state index contributed by atoms with van der Waals surface area (Å²) in [6.07, 6.45) is 5.73. The molecule has 0 aliphatic rings. The van der Waals surface area contributed by atoms with E-state index in [1.807, 2.05) is 31.2 Å². The molecule has 3 nitrogen and oxygen atoms in total. The van der Waals surface area contributed by atoms with E-state index in [1.165, 1.54) is 0 Å². The van der Waals surface area contributed by atoms with Gasteiger partial charge in [0.2, 0.25) is 0 Å². The highest BCUT2D eigenvalue weighted by Gasteiger charge is 1.96. The van der Waals surface area contributed by atoms with Gasteiger partial charge in [0, 0.05) is 18.8 Å². The fourth-order valence-electron chi connectivity index (χ4n) is 1.14. The molecule has 0 radical (unpaired) electrons. The van der Waals surface area contributed by atoms with Crippen LogP contribution in [-0.2, 0) is 6.54 Å². The van der Waals surface area contributed by atoms with Crippen LogP contribution in [0.3, 0.4) is 0 Å². The molecule has 0 fully saturated rings. The van der Waals surface area contributed by atoms with Crippen LogP contribution < -0.4 is 10.1 Å². The van der Waals surface area contributed by atoms with Gasteiger partial charge in [-0.15, -0.1) is 0 Å². The normalized spacial score (nSPS) is 10.8. The molecule has 0 amide bonds. The smallest absolute Gasteiger partial charge is 0.123 e. The first kappa shape index (κ1) is 11.7. The largest absolute Gasteiger partial charge is 0.489 e. The lowest BCUT2D eigenvalue weighted by Crippen LogP contribution is -2.12. The van der Waals surface area contributed by atoms with Gasteiger partial charge in [-0.3, -0.25) is 4.98 Å². The molecule has 1 rings (SSSR count). The van der Waals surface area contributed by atoms with Gasteiger partial charge in [0.05, 0.1) is 5.69 Å². The topological polar surface area (TPSA) is 34.1 Å². The Hall–Kier alpha value is -1.35. The van der Waals surface area contributed by atoms with Crippen molar-refractivity contribution in [2.75, 3.05) is 13.2 Å². The number of aromatic nitrogens is 1. The molecule has 1 aromatic rings. The highest BCUT2D eigenvalue weighted by atomic mass is 16.5. The Balaban J connectivity index is 2.49. The summed E-state index contributed by atoms with van der Waals surface area (Å²) in [5, 5.41) is 3.23. The highest BCUT2D eigenvalue weighted by Crippen LogP contribution is 2.10. The Morgan fingerprint density at radius 3 is 3.13 bits per heavy atom. The first-order valence-corrected chi connectivity index (χ1v) is 5.26. The Bertz CT molecular complexity index is 310. The van der Waals surface area contributed by atoms with Crippen molar-refractivity contribution < 1.29 is 4.74 Å². The maximum Gasteiger partial charge on any atom is 0.123 e. The van der Waals surface area contributed by atoms with Gasteiger partial charge in [0.1, 0.15) is 12.4 Å². The van der Waals surface area contributed by atoms with Gasteiger partial charge < -0.3 is 10.1 Å². The second kappa shape index (κ2) is 7.01. The molecule has 0 saturated carbocycles. The number of pyridine rings is 1. The molecule has 0 saturated heterocycles. The second-order valence-electron chi connectivity index (χ2n) is 3.14. The summed E-state index contributed by atoms with van der Waals surface area (Å²) >= 11 is 0. The van der Waals surface area contributed by atoms with Crippen LogP contribution in [0.2, 0.25) is 0 Å². The van der Waals surface area contributed by atoms with Gasteiger partial charge >= 0.3 is 0 Å². The number of rotatable bonds is 6. The average Bonchev–Trinajstić information content (AvgIpc) is 2.27. The average molecular weight is 206 g/mol. The van der Waals surface area contributed by atoms with Crippen molar-refractivity contribution in [2.24, 2.45) is 0 Å². The first-order chi connectivity index (χ1) is 7.36. The van der Waals surface area contributed by atoms with Crippen LogP contribution in [0.25, 0.3) is 0 Å². The van der Waals surface area contributed by atoms with Crippen molar-refractivity contribution in [3.8, 4) is 5.75 Å². The molecule has 0 unspecified atom stereocenters. The van der Waals surface area contributed by atoms with E-state index < -0.39 is 0 Å². The number of allylic oxidation sites excluding steroid dienone is 1. The van der Waals surface area contributed by atoms with E-state index >= 15 is 0 Å². The van der Waals surface area contributed by atoms with Gasteiger partial charge in [-0.2, -0.15) is 0 Å². The molecule has 0 bridgehead atoms. The maximum atomic E-state index is 5.51. The van der Waals surface area contributed by atoms with E-state index in [0.717, 1.165) is 24.5 Å². The zero-order chi connectivity index (χ0) is 10.9. The minimum absolute atomic E-state index is 0.612. The maximum absolute atomic E-state index is 5.51. The van der Waals surface area contributed by atoms with Crippen LogP contribution >= 0.6 is 0 Å². The molecule has 3 heteroatoms. The van der Waals surface area contributed by atoms with E-state index in [1.54, 1.807) is 6.20 Å². The van der Waals surface area contributed by atoms with E-state index in [-0.39, 0.29) is 0 Å². The van der Waals surface area contributed by atoms with Gasteiger partial charge in [-0.1, -0.05) is 19.1 Å². The number of nitrogens with zero attached hydrogens (tertiary/aromatic N) is 1. The summed E-state index contributed by atoms with van der Waals surface area (Å²) in [5.74, 6) is 0.871. The third-order valence-corrected chi connectivity index (χ3v) is 1.93. The molecular weight excluding hydrogens is 188 g/mol. The molecule has 1 aromatic heterocycles. The standard InChI is InChI=1S/C12H18N2O/c1-3-5-8-15-12-6-7-14-11(9-12)10-13-4-2/h3,5-7,9,13H,4,8,10H2,1-2H3. The Morgan fingerprint density at radius 1 is 1.53 bits per heavy atom. The zero-order valence-corrected chi connectivity index (χ0v) is 9.36. The van der Waals surface area contributed by atoms with E-state index in [9.17, 15) is 0 Å². The summed E-state index contributed by atoms with van der Waals surface area (Å²) < 4.78 is 5.51. The number of ether oxygens (including phenoxy) is 1. The Kier molecular flexibility index (Phi) is 5.48. The zero-order valence-electron chi connectivity index (χ0n) is 9.36. The second-order valence-corrected chi connectivity index (χ2v) is 3.14. The lowest BCUT2D eigenvalue weighted by Gasteiger charge is -2.05. The molecule has 0 aliphatic heterocycles. The van der Waals surface area contributed by atoms with Crippen molar-refractivity contribution >= 4 is 0 Å². The molecular formula is C12H18N2O. The van der Waals surface area contributed by atoms with Crippen LogP contribution in [0.4, 0.5) is 0 Å². The van der Waals surface area contributed by atoms with Gasteiger partial charge in [0.15, 0.2) is 0 Å². The molecule has 15 heavy (non-hydrogen) atoms. The SMILES string of the molecule is CC=CCOc1ccnc(CNCC)c1. The summed E-state index contributed by atoms with van der Waals surface area (Å²) in [6.45, 7) is 6.41. The van der Waals surface area contributed by atoms with Crippen molar-refractivity contribution in [3.05, 3.63) is 36.2 Å². The van der Waals surface area contributed by atoms with Crippen LogP contribution in [0, 0.1) is 0 Å². The molecule has 1 N–H and O–H groups in total. The van der Waals surface area contributed by atoms with Crippen LogP contribution in [-0.4, -0.2) is 18.1 Å². The molecule has 0 aliphatic carbocycles. The molecule has 0 atom stereocenters. The Labute approximate surface area is 91.2 Å². The van der Waals surface area contributed by atoms with E-state index in [4.69, 9.17) is 4.74 Å². The van der Waals surface area contributed by atoms with Crippen molar-refractivity contribution in [2.45, 2.75) is 20.4 Å². The minimum atomic E-state index is 0.612. The van der Waals surface area contributed by atoms with Crippen LogP contribution in [0.15, 0.2) is 30.5 Å². The van der Waals surface area contributed by atoms with Crippen molar-refractivity contribution in [3.63, 3.8) is 0 Å². The van der Waals surface area contributed by atoms with Gasteiger partial charge in [-0.25, -0.2) is 0 Å². The third-order valence-electron chi connectivity index (χ3n) is 1.93. The summed E-state index contributed by atoms with van der Waals surface area (Å²) in [4.78, 5) is 4.24. The number of hydrogen-bond donors (Lipinski definition) is 1. The summed E-state index contributed by atoms with van der Waals surface area (Å²) in [5.41, 5.74) is 1.01. The van der Waals surface area contributed by atoms with Gasteiger partial charge in [0.25, 0.3) is 0 Å². The summed E-state index contributed by atoms with van der Waals surface area (Å²) in [6, 6.07) is 3.84. The quantitative estimate of drug-likeness (QED) is 0.724. The van der Waals surface area contributed by atoms with Gasteiger partial charge in [-0.05, 0) is 19.5 Å². The van der Waals surface area contributed by atoms with Crippen LogP contribution in [0.1, 0.15) is 19.5 Å². The fourth-order valence-corrected chi connectivity index (χ4v) is 1.14. The molecule has 82 valence electrons. The minimum Gasteiger partial charge on any atom is -0.489 e. The predicted octanol–water partition coefficient (Wildman–Crippen LogP) is 2.15. The molecule has 0 aromatic carbocycles. The third kappa shape index (κ3) is 4.61. The predicted molar refractivity (Wildman–Crippen MR) is 61.9 cm³/mol. The first-order valence-electron chi connectivity index (χ1n) is 5.26. The molecule has 0 spiro atoms. The monoisotopic (exact) mass is 206 g/mol. The number of nitrogens with one attached hydrogen (secondary N) is 1.